The number of benzene rings is 2. The number of guanidine groups is 1. The highest BCUT2D eigenvalue weighted by atomic mass is 32.2. The molecule has 29 heavy (non-hydrogen) atoms. The maximum Gasteiger partial charge on any atom is 0.294 e. The van der Waals surface area contributed by atoms with E-state index in [2.05, 4.69) is 4.98 Å². The average Bonchev–Trinajstić information content (AvgIpc) is 2.72. The number of aromatic nitrogens is 1. The lowest BCUT2D eigenvalue weighted by molar-refractivity contribution is 0.0153. The number of nitrogens with two attached hydrogens (primary N) is 1. The first-order valence-electron chi connectivity index (χ1n) is 8.43. The number of carbonyl (C=O) groups excluding carboxylic acids is 1. The van der Waals surface area contributed by atoms with Crippen molar-refractivity contribution in [2.45, 2.75) is 4.90 Å². The lowest BCUT2D eigenvalue weighted by atomic mass is 10.1. The summed E-state index contributed by atoms with van der Waals surface area (Å²) in [7, 11) is -3.50. The van der Waals surface area contributed by atoms with Gasteiger partial charge in [0.25, 0.3) is 5.91 Å². The van der Waals surface area contributed by atoms with Crippen LogP contribution in [0.15, 0.2) is 78.0 Å². The standard InChI is InChI=1S/C20H18N4O4S/c1-29(26,27)18-6-2-4-15(12-18)19(25)24(20(21)22)28-17-9-7-14(8-10-17)16-5-3-11-23-13-16/h2-13H,1H3,(H3,21,22). The third-order valence-electron chi connectivity index (χ3n) is 3.96. The van der Waals surface area contributed by atoms with E-state index < -0.39 is 21.7 Å². The summed E-state index contributed by atoms with van der Waals surface area (Å²) >= 11 is 0. The van der Waals surface area contributed by atoms with E-state index in [1.807, 2.05) is 12.1 Å². The summed E-state index contributed by atoms with van der Waals surface area (Å²) < 4.78 is 23.4. The smallest absolute Gasteiger partial charge is 0.294 e. The van der Waals surface area contributed by atoms with Crippen LogP contribution in [0.3, 0.4) is 0 Å². The molecule has 0 aliphatic carbocycles. The van der Waals surface area contributed by atoms with Gasteiger partial charge >= 0.3 is 0 Å². The molecule has 1 amide bonds. The van der Waals surface area contributed by atoms with Gasteiger partial charge in [0.15, 0.2) is 15.6 Å². The van der Waals surface area contributed by atoms with Crippen LogP contribution in [0.25, 0.3) is 11.1 Å². The van der Waals surface area contributed by atoms with E-state index in [0.717, 1.165) is 17.4 Å². The van der Waals surface area contributed by atoms with Crippen LogP contribution in [0.1, 0.15) is 10.4 Å². The van der Waals surface area contributed by atoms with Gasteiger partial charge in [-0.15, -0.1) is 5.06 Å². The van der Waals surface area contributed by atoms with E-state index in [1.54, 1.807) is 36.7 Å². The minimum Gasteiger partial charge on any atom is -0.369 e. The molecule has 148 valence electrons. The molecule has 0 aliphatic rings. The number of hydrogen-bond donors (Lipinski definition) is 2. The number of rotatable bonds is 5. The topological polar surface area (TPSA) is 126 Å². The quantitative estimate of drug-likeness (QED) is 0.378. The largest absolute Gasteiger partial charge is 0.369 e. The van der Waals surface area contributed by atoms with Crippen molar-refractivity contribution in [1.29, 1.82) is 5.41 Å². The molecule has 1 aromatic heterocycles. The Morgan fingerprint density at radius 3 is 2.38 bits per heavy atom. The molecule has 0 saturated carbocycles. The van der Waals surface area contributed by atoms with Gasteiger partial charge in [-0.3, -0.25) is 15.2 Å². The molecule has 8 nitrogen and oxygen atoms in total. The summed E-state index contributed by atoms with van der Waals surface area (Å²) in [6, 6.07) is 16.0. The van der Waals surface area contributed by atoms with Crippen molar-refractivity contribution in [3.8, 4) is 16.9 Å². The van der Waals surface area contributed by atoms with Gasteiger partial charge in [-0.2, -0.15) is 0 Å². The van der Waals surface area contributed by atoms with Crippen molar-refractivity contribution in [1.82, 2.24) is 10.0 Å². The van der Waals surface area contributed by atoms with E-state index in [1.165, 1.54) is 24.3 Å². The fraction of sp³-hybridized carbons (Fsp3) is 0.0500. The summed E-state index contributed by atoms with van der Waals surface area (Å²) in [4.78, 5) is 22.3. The highest BCUT2D eigenvalue weighted by Crippen LogP contribution is 2.22. The number of nitrogens with one attached hydrogen (secondary N) is 1. The van der Waals surface area contributed by atoms with Gasteiger partial charge in [0.05, 0.1) is 4.90 Å². The van der Waals surface area contributed by atoms with E-state index in [4.69, 9.17) is 16.0 Å². The van der Waals surface area contributed by atoms with Gasteiger partial charge in [0.2, 0.25) is 5.96 Å². The van der Waals surface area contributed by atoms with Gasteiger partial charge < -0.3 is 10.6 Å². The molecule has 3 rings (SSSR count). The van der Waals surface area contributed by atoms with Crippen LogP contribution >= 0.6 is 0 Å². The lowest BCUT2D eigenvalue weighted by Crippen LogP contribution is -2.43. The van der Waals surface area contributed by atoms with Crippen LogP contribution in [0.5, 0.6) is 5.75 Å². The maximum absolute atomic E-state index is 12.7. The Morgan fingerprint density at radius 1 is 1.07 bits per heavy atom. The number of hydroxylamine groups is 2. The fourth-order valence-electron chi connectivity index (χ4n) is 2.52. The second-order valence-electron chi connectivity index (χ2n) is 6.14. The van der Waals surface area contributed by atoms with Crippen molar-refractivity contribution in [3.05, 3.63) is 78.6 Å². The van der Waals surface area contributed by atoms with Crippen LogP contribution in [-0.2, 0) is 9.84 Å². The molecule has 0 spiro atoms. The molecular formula is C20H18N4O4S. The Labute approximate surface area is 167 Å². The van der Waals surface area contributed by atoms with Crippen LogP contribution in [-0.4, -0.2) is 36.6 Å². The fourth-order valence-corrected chi connectivity index (χ4v) is 3.19. The second-order valence-corrected chi connectivity index (χ2v) is 8.16. The van der Waals surface area contributed by atoms with Crippen molar-refractivity contribution in [2.75, 3.05) is 6.26 Å². The van der Waals surface area contributed by atoms with Gasteiger partial charge in [-0.1, -0.05) is 24.3 Å². The zero-order valence-corrected chi connectivity index (χ0v) is 16.3. The number of hydrogen-bond acceptors (Lipinski definition) is 6. The molecule has 0 aliphatic heterocycles. The third-order valence-corrected chi connectivity index (χ3v) is 5.07. The molecule has 0 radical (unpaired) electrons. The number of amides is 1. The summed E-state index contributed by atoms with van der Waals surface area (Å²) in [6.45, 7) is 0. The van der Waals surface area contributed by atoms with E-state index in [0.29, 0.717) is 5.06 Å². The van der Waals surface area contributed by atoms with E-state index >= 15 is 0 Å². The number of carbonyl (C=O) groups is 1. The van der Waals surface area contributed by atoms with Gasteiger partial charge in [0.1, 0.15) is 0 Å². The number of sulfone groups is 1. The molecular weight excluding hydrogens is 392 g/mol. The second kappa shape index (κ2) is 8.11. The van der Waals surface area contributed by atoms with E-state index in [9.17, 15) is 13.2 Å². The monoisotopic (exact) mass is 410 g/mol. The minimum atomic E-state index is -3.50. The zero-order chi connectivity index (χ0) is 21.0. The lowest BCUT2D eigenvalue weighted by Gasteiger charge is -2.20. The predicted octanol–water partition coefficient (Wildman–Crippen LogP) is 2.48. The Bertz CT molecular complexity index is 1150. The van der Waals surface area contributed by atoms with E-state index in [-0.39, 0.29) is 16.2 Å². The van der Waals surface area contributed by atoms with Crippen LogP contribution in [0.4, 0.5) is 0 Å². The molecule has 3 N–H and O–H groups in total. The number of pyridine rings is 1. The summed E-state index contributed by atoms with van der Waals surface area (Å²) in [5, 5.41) is 8.26. The normalized spacial score (nSPS) is 10.9. The van der Waals surface area contributed by atoms with Crippen molar-refractivity contribution < 1.29 is 18.0 Å². The Morgan fingerprint density at radius 2 is 1.79 bits per heavy atom. The molecule has 2 aromatic carbocycles. The highest BCUT2D eigenvalue weighted by Gasteiger charge is 2.22. The molecule has 3 aromatic rings. The molecule has 9 heteroatoms. The summed E-state index contributed by atoms with van der Waals surface area (Å²) in [5.41, 5.74) is 7.34. The first kappa shape index (κ1) is 20.0. The zero-order valence-electron chi connectivity index (χ0n) is 15.4. The molecule has 0 unspecified atom stereocenters. The first-order valence-corrected chi connectivity index (χ1v) is 10.3. The molecule has 1 heterocycles. The minimum absolute atomic E-state index is 0.0207. The number of nitrogens with zero attached hydrogens (tertiary/aromatic N) is 2. The van der Waals surface area contributed by atoms with Crippen LogP contribution < -0.4 is 10.6 Å². The SMILES string of the molecule is CS(=O)(=O)c1cccc(C(=O)N(Oc2ccc(-c3cccnc3)cc2)C(=N)N)c1. The highest BCUT2D eigenvalue weighted by molar-refractivity contribution is 7.90. The first-order chi connectivity index (χ1) is 13.8. The van der Waals surface area contributed by atoms with Gasteiger partial charge in [-0.05, 0) is 47.5 Å². The van der Waals surface area contributed by atoms with Gasteiger partial charge in [0, 0.05) is 24.2 Å². The Kier molecular flexibility index (Phi) is 5.60. The molecule has 0 fully saturated rings. The summed E-state index contributed by atoms with van der Waals surface area (Å²) in [6.07, 6.45) is 4.44. The molecule has 0 bridgehead atoms. The van der Waals surface area contributed by atoms with Crippen LogP contribution in [0, 0.1) is 5.41 Å². The molecule has 0 saturated heterocycles. The van der Waals surface area contributed by atoms with Crippen molar-refractivity contribution >= 4 is 21.7 Å². The average molecular weight is 410 g/mol. The maximum atomic E-state index is 12.7. The van der Waals surface area contributed by atoms with Crippen molar-refractivity contribution in [3.63, 3.8) is 0 Å². The molecule has 0 atom stereocenters. The Hall–Kier alpha value is -3.72. The van der Waals surface area contributed by atoms with Crippen LogP contribution in [0.2, 0.25) is 0 Å². The summed E-state index contributed by atoms with van der Waals surface area (Å²) in [5.74, 6) is -1.13. The third kappa shape index (κ3) is 4.77. The Balaban J connectivity index is 1.84. The van der Waals surface area contributed by atoms with Gasteiger partial charge in [-0.25, -0.2) is 8.42 Å². The van der Waals surface area contributed by atoms with Crippen molar-refractivity contribution in [2.24, 2.45) is 5.73 Å². The predicted molar refractivity (Wildman–Crippen MR) is 108 cm³/mol.